The van der Waals surface area contributed by atoms with E-state index in [9.17, 15) is 13.2 Å². The van der Waals surface area contributed by atoms with Crippen molar-refractivity contribution in [2.24, 2.45) is 5.73 Å². The molecule has 134 valence electrons. The molecule has 1 aromatic carbocycles. The minimum atomic E-state index is -3.56. The lowest BCUT2D eigenvalue weighted by atomic mass is 9.84. The van der Waals surface area contributed by atoms with Gasteiger partial charge in [-0.25, -0.2) is 13.1 Å². The minimum absolute atomic E-state index is 0.174. The molecule has 1 fully saturated rings. The Hall–Kier alpha value is -1.44. The summed E-state index contributed by atoms with van der Waals surface area (Å²) in [4.78, 5) is 10.9. The highest BCUT2D eigenvalue weighted by Gasteiger charge is 2.18. The second-order valence-corrected chi connectivity index (χ2v) is 8.16. The molecule has 0 unspecified atom stereocenters. The fourth-order valence-corrected chi connectivity index (χ4v) is 4.16. The predicted octanol–water partition coefficient (Wildman–Crippen LogP) is 2.20. The van der Waals surface area contributed by atoms with Gasteiger partial charge in [0.25, 0.3) is 0 Å². The van der Waals surface area contributed by atoms with Gasteiger partial charge >= 0.3 is 5.97 Å². The van der Waals surface area contributed by atoms with Gasteiger partial charge in [0.05, 0.1) is 4.90 Å². The molecule has 1 aliphatic carbocycles. The van der Waals surface area contributed by atoms with Crippen LogP contribution in [-0.2, 0) is 14.8 Å². The second kappa shape index (κ2) is 8.60. The monoisotopic (exact) mass is 354 g/mol. The van der Waals surface area contributed by atoms with E-state index in [1.54, 1.807) is 12.1 Å². The molecule has 0 radical (unpaired) electrons. The first kappa shape index (κ1) is 18.9. The molecule has 0 spiro atoms. The quantitative estimate of drug-likeness (QED) is 0.620. The van der Waals surface area contributed by atoms with Gasteiger partial charge in [0.15, 0.2) is 0 Å². The molecule has 0 saturated heterocycles. The minimum Gasteiger partial charge on any atom is -0.480 e. The van der Waals surface area contributed by atoms with E-state index >= 15 is 0 Å². The van der Waals surface area contributed by atoms with Crippen LogP contribution in [0.5, 0.6) is 0 Å². The molecule has 2 rings (SSSR count). The second-order valence-electron chi connectivity index (χ2n) is 6.39. The Balaban J connectivity index is 1.88. The largest absolute Gasteiger partial charge is 0.480 e. The Morgan fingerprint density at radius 2 is 1.83 bits per heavy atom. The first-order valence-electron chi connectivity index (χ1n) is 8.48. The average molecular weight is 354 g/mol. The van der Waals surface area contributed by atoms with Gasteiger partial charge in [-0.15, -0.1) is 0 Å². The van der Waals surface area contributed by atoms with Crippen molar-refractivity contribution >= 4 is 16.0 Å². The summed E-state index contributed by atoms with van der Waals surface area (Å²) >= 11 is 0. The molecule has 24 heavy (non-hydrogen) atoms. The fraction of sp³-hybridized carbons (Fsp3) is 0.588. The van der Waals surface area contributed by atoms with Crippen LogP contribution in [0.2, 0.25) is 0 Å². The third-order valence-electron chi connectivity index (χ3n) is 4.57. The summed E-state index contributed by atoms with van der Waals surface area (Å²) in [5.74, 6) is -0.530. The van der Waals surface area contributed by atoms with Crippen LogP contribution in [0.25, 0.3) is 0 Å². The molecule has 0 heterocycles. The Labute approximate surface area is 143 Å². The number of hydrogen-bond acceptors (Lipinski definition) is 4. The van der Waals surface area contributed by atoms with Gasteiger partial charge in [0.1, 0.15) is 6.04 Å². The summed E-state index contributed by atoms with van der Waals surface area (Å²) in [5.41, 5.74) is 6.60. The third kappa shape index (κ3) is 5.29. The molecular formula is C17H26N2O4S. The predicted molar refractivity (Wildman–Crippen MR) is 92.3 cm³/mol. The summed E-state index contributed by atoms with van der Waals surface area (Å²) in [5, 5.41) is 8.69. The summed E-state index contributed by atoms with van der Waals surface area (Å²) in [6.07, 6.45) is 6.74. The van der Waals surface area contributed by atoms with E-state index < -0.39 is 22.0 Å². The van der Waals surface area contributed by atoms with E-state index in [1.807, 2.05) is 12.1 Å². The Morgan fingerprint density at radius 1 is 1.21 bits per heavy atom. The maximum atomic E-state index is 12.2. The van der Waals surface area contributed by atoms with Crippen LogP contribution in [0.1, 0.15) is 56.4 Å². The van der Waals surface area contributed by atoms with E-state index in [2.05, 4.69) is 4.72 Å². The maximum absolute atomic E-state index is 12.2. The molecule has 4 N–H and O–H groups in total. The summed E-state index contributed by atoms with van der Waals surface area (Å²) in [6, 6.07) is 6.16. The lowest BCUT2D eigenvalue weighted by molar-refractivity contribution is -0.138. The highest BCUT2D eigenvalue weighted by molar-refractivity contribution is 7.89. The molecule has 1 saturated carbocycles. The van der Waals surface area contributed by atoms with Gasteiger partial charge in [-0.3, -0.25) is 4.79 Å². The zero-order valence-electron chi connectivity index (χ0n) is 13.8. The topological polar surface area (TPSA) is 109 Å². The smallest absolute Gasteiger partial charge is 0.320 e. The van der Waals surface area contributed by atoms with Gasteiger partial charge in [-0.2, -0.15) is 0 Å². The molecule has 1 aliphatic rings. The molecule has 1 aromatic rings. The molecule has 0 aliphatic heterocycles. The number of aliphatic carboxylic acids is 1. The summed E-state index contributed by atoms with van der Waals surface area (Å²) in [6.45, 7) is 0.174. The van der Waals surface area contributed by atoms with Crippen LogP contribution in [-0.4, -0.2) is 32.1 Å². The molecule has 0 bridgehead atoms. The van der Waals surface area contributed by atoms with Crippen LogP contribution in [0.3, 0.4) is 0 Å². The molecule has 0 amide bonds. The Kier molecular flexibility index (Phi) is 6.77. The Bertz CT molecular complexity index is 637. The Morgan fingerprint density at radius 3 is 2.42 bits per heavy atom. The van der Waals surface area contributed by atoms with Crippen molar-refractivity contribution in [3.63, 3.8) is 0 Å². The first-order valence-corrected chi connectivity index (χ1v) is 9.96. The summed E-state index contributed by atoms with van der Waals surface area (Å²) < 4.78 is 27.0. The molecule has 1 atom stereocenters. The van der Waals surface area contributed by atoms with Crippen molar-refractivity contribution < 1.29 is 18.3 Å². The van der Waals surface area contributed by atoms with Gasteiger partial charge < -0.3 is 10.8 Å². The van der Waals surface area contributed by atoms with Gasteiger partial charge in [-0.1, -0.05) is 31.4 Å². The van der Waals surface area contributed by atoms with Crippen molar-refractivity contribution in [1.29, 1.82) is 0 Å². The molecule has 7 heteroatoms. The third-order valence-corrected chi connectivity index (χ3v) is 6.05. The number of hydrogen-bond donors (Lipinski definition) is 3. The number of carboxylic acids is 1. The number of benzene rings is 1. The van der Waals surface area contributed by atoms with Crippen LogP contribution >= 0.6 is 0 Å². The van der Waals surface area contributed by atoms with Gasteiger partial charge in [-0.05, 0) is 49.3 Å². The molecule has 6 nitrogen and oxygen atoms in total. The van der Waals surface area contributed by atoms with Crippen molar-refractivity contribution in [3.8, 4) is 0 Å². The highest BCUT2D eigenvalue weighted by atomic mass is 32.2. The number of carboxylic acid groups (broad SMARTS) is 1. The first-order chi connectivity index (χ1) is 11.4. The van der Waals surface area contributed by atoms with Crippen molar-refractivity contribution in [3.05, 3.63) is 29.8 Å². The SMILES string of the molecule is N[C@@H](CCCNS(=O)(=O)c1ccc(C2CCCCC2)cc1)C(=O)O. The van der Waals surface area contributed by atoms with Crippen molar-refractivity contribution in [1.82, 2.24) is 4.72 Å². The lowest BCUT2D eigenvalue weighted by Crippen LogP contribution is -2.32. The van der Waals surface area contributed by atoms with Gasteiger partial charge in [0.2, 0.25) is 10.0 Å². The number of carbonyl (C=O) groups is 1. The average Bonchev–Trinajstić information content (AvgIpc) is 2.59. The van der Waals surface area contributed by atoms with E-state index in [-0.39, 0.29) is 17.9 Å². The lowest BCUT2D eigenvalue weighted by Gasteiger charge is -2.22. The zero-order valence-corrected chi connectivity index (χ0v) is 14.6. The summed E-state index contributed by atoms with van der Waals surface area (Å²) in [7, 11) is -3.56. The number of nitrogens with one attached hydrogen (secondary N) is 1. The maximum Gasteiger partial charge on any atom is 0.320 e. The van der Waals surface area contributed by atoms with E-state index in [1.165, 1.54) is 37.7 Å². The van der Waals surface area contributed by atoms with Crippen LogP contribution in [0.15, 0.2) is 29.2 Å². The van der Waals surface area contributed by atoms with Crippen molar-refractivity contribution in [2.75, 3.05) is 6.54 Å². The number of rotatable bonds is 8. The van der Waals surface area contributed by atoms with Gasteiger partial charge in [0, 0.05) is 6.54 Å². The zero-order chi connectivity index (χ0) is 17.6. The van der Waals surface area contributed by atoms with E-state index in [4.69, 9.17) is 10.8 Å². The van der Waals surface area contributed by atoms with Crippen LogP contribution in [0, 0.1) is 0 Å². The van der Waals surface area contributed by atoms with Crippen LogP contribution in [0.4, 0.5) is 0 Å². The standard InChI is InChI=1S/C17H26N2O4S/c18-16(17(20)21)7-4-12-19-24(22,23)15-10-8-14(9-11-15)13-5-2-1-3-6-13/h8-11,13,16,19H,1-7,12,18H2,(H,20,21)/t16-/m0/s1. The normalized spacial score (nSPS) is 17.5. The number of nitrogens with two attached hydrogens (primary N) is 1. The fourth-order valence-electron chi connectivity index (χ4n) is 3.09. The number of sulfonamides is 1. The van der Waals surface area contributed by atoms with E-state index in [0.717, 1.165) is 0 Å². The van der Waals surface area contributed by atoms with E-state index in [0.29, 0.717) is 12.3 Å². The molecule has 0 aromatic heterocycles. The van der Waals surface area contributed by atoms with Crippen molar-refractivity contribution in [2.45, 2.75) is 61.8 Å². The van der Waals surface area contributed by atoms with Crippen LogP contribution < -0.4 is 10.5 Å². The highest BCUT2D eigenvalue weighted by Crippen LogP contribution is 2.32. The molecular weight excluding hydrogens is 328 g/mol.